The molecule has 0 bridgehead atoms. The first kappa shape index (κ1) is 23.5. The summed E-state index contributed by atoms with van der Waals surface area (Å²) >= 11 is 1.97. The molecule has 0 radical (unpaired) electrons. The fourth-order valence-corrected chi connectivity index (χ4v) is 7.03. The van der Waals surface area contributed by atoms with Crippen LogP contribution >= 0.6 is 23.1 Å². The van der Waals surface area contributed by atoms with Crippen molar-refractivity contribution in [2.24, 2.45) is 0 Å². The third kappa shape index (κ3) is 4.56. The van der Waals surface area contributed by atoms with Crippen LogP contribution < -0.4 is 5.32 Å². The molecule has 4 heterocycles. The fourth-order valence-electron chi connectivity index (χ4n) is 3.60. The monoisotopic (exact) mass is 533 g/mol. The lowest BCUT2D eigenvalue weighted by molar-refractivity contribution is -0.121. The summed E-state index contributed by atoms with van der Waals surface area (Å²) in [5.74, 6) is -1.22. The third-order valence-electron chi connectivity index (χ3n) is 5.33. The van der Waals surface area contributed by atoms with Crippen LogP contribution in [0, 0.1) is 5.95 Å². The van der Waals surface area contributed by atoms with Gasteiger partial charge >= 0.3 is 0 Å². The number of thioether (sulfide) groups is 1. The Hall–Kier alpha value is -3.23. The van der Waals surface area contributed by atoms with Gasteiger partial charge in [-0.3, -0.25) is 14.9 Å². The standard InChI is InChI=1S/C21H16FN5O5S3/c1-21(19(28)25-20(29)34-21)8-15-26-27-17(32-15)16(35(2,30)31)18-24-12-5-3-10(7-13(12)33-18)11-4-6-14(22)23-9-11/h3-7,9,16H,8H2,1-2H3,(H,25,28,29). The molecule has 2 atom stereocenters. The number of fused-ring (bicyclic) bond motifs is 1. The molecule has 4 aromatic rings. The minimum atomic E-state index is -3.77. The number of benzene rings is 1. The summed E-state index contributed by atoms with van der Waals surface area (Å²) in [7, 11) is -3.77. The number of sulfone groups is 1. The maximum absolute atomic E-state index is 13.2. The average molecular weight is 534 g/mol. The molecule has 1 aliphatic heterocycles. The number of aromatic nitrogens is 4. The first-order valence-electron chi connectivity index (χ1n) is 10.1. The Bertz CT molecular complexity index is 1580. The topological polar surface area (TPSA) is 145 Å². The van der Waals surface area contributed by atoms with Crippen molar-refractivity contribution in [2.75, 3.05) is 6.26 Å². The van der Waals surface area contributed by atoms with Crippen molar-refractivity contribution in [1.29, 1.82) is 0 Å². The molecule has 35 heavy (non-hydrogen) atoms. The van der Waals surface area contributed by atoms with Gasteiger partial charge in [0.1, 0.15) is 9.75 Å². The van der Waals surface area contributed by atoms with E-state index in [4.69, 9.17) is 4.42 Å². The maximum atomic E-state index is 13.2. The normalized spacial score (nSPS) is 19.3. The first-order chi connectivity index (χ1) is 16.5. The van der Waals surface area contributed by atoms with E-state index in [9.17, 15) is 22.4 Å². The highest BCUT2D eigenvalue weighted by Gasteiger charge is 2.45. The van der Waals surface area contributed by atoms with Crippen LogP contribution in [0.4, 0.5) is 9.18 Å². The van der Waals surface area contributed by atoms with Crippen LogP contribution in [-0.2, 0) is 21.1 Å². The molecule has 3 aromatic heterocycles. The van der Waals surface area contributed by atoms with Gasteiger partial charge in [-0.1, -0.05) is 6.07 Å². The zero-order valence-corrected chi connectivity index (χ0v) is 20.6. The van der Waals surface area contributed by atoms with E-state index in [-0.39, 0.29) is 23.2 Å². The zero-order valence-electron chi connectivity index (χ0n) is 18.2. The number of nitrogens with zero attached hydrogens (tertiary/aromatic N) is 4. The van der Waals surface area contributed by atoms with Gasteiger partial charge in [-0.2, -0.15) is 4.39 Å². The van der Waals surface area contributed by atoms with E-state index in [1.165, 1.54) is 12.3 Å². The second-order valence-electron chi connectivity index (χ2n) is 8.10. The smallest absolute Gasteiger partial charge is 0.286 e. The molecular formula is C21H16FN5O5S3. The molecule has 14 heteroatoms. The summed E-state index contributed by atoms with van der Waals surface area (Å²) in [5, 5.41) is 8.50. The number of amides is 2. The number of thiazole rings is 1. The molecule has 0 spiro atoms. The molecule has 1 aromatic carbocycles. The second-order valence-corrected chi connectivity index (χ2v) is 12.8. The van der Waals surface area contributed by atoms with Gasteiger partial charge < -0.3 is 4.42 Å². The Balaban J connectivity index is 1.49. The van der Waals surface area contributed by atoms with Gasteiger partial charge in [0.25, 0.3) is 5.24 Å². The summed E-state index contributed by atoms with van der Waals surface area (Å²) in [4.78, 5) is 31.8. The van der Waals surface area contributed by atoms with Gasteiger partial charge in [-0.15, -0.1) is 21.5 Å². The highest BCUT2D eigenvalue weighted by molar-refractivity contribution is 8.16. The quantitative estimate of drug-likeness (QED) is 0.366. The number of hydrogen-bond donors (Lipinski definition) is 1. The molecule has 5 rings (SSSR count). The molecule has 1 N–H and O–H groups in total. The maximum Gasteiger partial charge on any atom is 0.286 e. The molecule has 1 aliphatic rings. The number of hydrogen-bond acceptors (Lipinski definition) is 11. The lowest BCUT2D eigenvalue weighted by Crippen LogP contribution is -2.35. The molecule has 0 saturated carbocycles. The van der Waals surface area contributed by atoms with Gasteiger partial charge in [0.15, 0.2) is 15.1 Å². The molecule has 180 valence electrons. The summed E-state index contributed by atoms with van der Waals surface area (Å²) in [6, 6.07) is 8.20. The molecule has 1 saturated heterocycles. The Morgan fingerprint density at radius 1 is 1.17 bits per heavy atom. The Labute approximate surface area is 206 Å². The van der Waals surface area contributed by atoms with Crippen molar-refractivity contribution >= 4 is 54.3 Å². The lowest BCUT2D eigenvalue weighted by Gasteiger charge is -2.15. The average Bonchev–Trinajstić information content (AvgIpc) is 3.45. The molecule has 0 aliphatic carbocycles. The van der Waals surface area contributed by atoms with Crippen LogP contribution in [0.2, 0.25) is 0 Å². The van der Waals surface area contributed by atoms with E-state index in [1.54, 1.807) is 25.1 Å². The van der Waals surface area contributed by atoms with Crippen molar-refractivity contribution in [3.05, 3.63) is 59.3 Å². The predicted octanol–water partition coefficient (Wildman–Crippen LogP) is 3.30. The van der Waals surface area contributed by atoms with E-state index in [0.29, 0.717) is 15.8 Å². The Kier molecular flexibility index (Phi) is 5.68. The third-order valence-corrected chi connectivity index (χ3v) is 8.91. The number of pyridine rings is 1. The van der Waals surface area contributed by atoms with Gasteiger partial charge in [-0.05, 0) is 48.5 Å². The molecular weight excluding hydrogens is 517 g/mol. The highest BCUT2D eigenvalue weighted by Crippen LogP contribution is 2.38. The van der Waals surface area contributed by atoms with E-state index in [0.717, 1.165) is 34.9 Å². The number of halogens is 1. The zero-order chi connectivity index (χ0) is 25.0. The van der Waals surface area contributed by atoms with Gasteiger partial charge in [0.2, 0.25) is 23.6 Å². The van der Waals surface area contributed by atoms with Gasteiger partial charge in [0, 0.05) is 24.4 Å². The van der Waals surface area contributed by atoms with Crippen LogP contribution in [-0.4, -0.2) is 50.7 Å². The van der Waals surface area contributed by atoms with Crippen molar-refractivity contribution in [1.82, 2.24) is 25.5 Å². The van der Waals surface area contributed by atoms with Crippen LogP contribution in [0.5, 0.6) is 0 Å². The summed E-state index contributed by atoms with van der Waals surface area (Å²) in [5.41, 5.74) is 2.04. The number of nitrogens with one attached hydrogen (secondary N) is 1. The van der Waals surface area contributed by atoms with Gasteiger partial charge in [-0.25, -0.2) is 18.4 Å². The molecule has 2 amide bonds. The van der Waals surface area contributed by atoms with E-state index in [1.807, 2.05) is 6.07 Å². The van der Waals surface area contributed by atoms with Crippen molar-refractivity contribution in [3.63, 3.8) is 0 Å². The fraction of sp³-hybridized carbons (Fsp3) is 0.238. The van der Waals surface area contributed by atoms with Crippen LogP contribution in [0.25, 0.3) is 21.3 Å². The van der Waals surface area contributed by atoms with Crippen LogP contribution in [0.3, 0.4) is 0 Å². The largest absolute Gasteiger partial charge is 0.423 e. The summed E-state index contributed by atoms with van der Waals surface area (Å²) in [6.45, 7) is 1.57. The number of carbonyl (C=O) groups excluding carboxylic acids is 2. The molecule has 2 unspecified atom stereocenters. The van der Waals surface area contributed by atoms with Gasteiger partial charge in [0.05, 0.1) is 10.2 Å². The van der Waals surface area contributed by atoms with E-state index >= 15 is 0 Å². The molecule has 10 nitrogen and oxygen atoms in total. The lowest BCUT2D eigenvalue weighted by atomic mass is 10.1. The Morgan fingerprint density at radius 3 is 2.60 bits per heavy atom. The van der Waals surface area contributed by atoms with Crippen molar-refractivity contribution < 1.29 is 26.8 Å². The van der Waals surface area contributed by atoms with Crippen LogP contribution in [0.15, 0.2) is 40.9 Å². The first-order valence-corrected chi connectivity index (χ1v) is 13.7. The molecule has 1 fully saturated rings. The number of imide groups is 1. The second kappa shape index (κ2) is 8.46. The van der Waals surface area contributed by atoms with Crippen molar-refractivity contribution in [2.45, 2.75) is 23.3 Å². The summed E-state index contributed by atoms with van der Waals surface area (Å²) in [6.07, 6.45) is 2.41. The number of rotatable bonds is 6. The highest BCUT2D eigenvalue weighted by atomic mass is 32.2. The number of carbonyl (C=O) groups is 2. The van der Waals surface area contributed by atoms with Crippen molar-refractivity contribution in [3.8, 4) is 11.1 Å². The van der Waals surface area contributed by atoms with E-state index < -0.39 is 36.9 Å². The summed E-state index contributed by atoms with van der Waals surface area (Å²) < 4.78 is 43.8. The Morgan fingerprint density at radius 2 is 1.94 bits per heavy atom. The SMILES string of the molecule is CC1(Cc2nnc(C(c3nc4ccc(-c5ccc(F)nc5)cc4s3)S(C)(=O)=O)o2)SC(=O)NC1=O. The minimum Gasteiger partial charge on any atom is -0.423 e. The van der Waals surface area contributed by atoms with E-state index in [2.05, 4.69) is 25.5 Å². The van der Waals surface area contributed by atoms with Crippen LogP contribution in [0.1, 0.15) is 29.0 Å². The minimum absolute atomic E-state index is 0.0284. The predicted molar refractivity (Wildman–Crippen MR) is 127 cm³/mol.